The summed E-state index contributed by atoms with van der Waals surface area (Å²) >= 11 is 0. The van der Waals surface area contributed by atoms with Gasteiger partial charge in [-0.25, -0.2) is 9.59 Å². The predicted molar refractivity (Wildman–Crippen MR) is 156 cm³/mol. The SMILES string of the molecule is CC(C)CC(CNC(=O)OCC1c2ccccc2-c2ccccc21)C(=O)N[C@H](C(=O)O)[C@@H](C)OCc1ccccc1. The van der Waals surface area contributed by atoms with E-state index in [-0.39, 0.29) is 31.6 Å². The lowest BCUT2D eigenvalue weighted by molar-refractivity contribution is -0.147. The van der Waals surface area contributed by atoms with Crippen molar-refractivity contribution in [1.29, 1.82) is 0 Å². The lowest BCUT2D eigenvalue weighted by Crippen LogP contribution is -2.51. The molecule has 0 radical (unpaired) electrons. The average Bonchev–Trinajstić information content (AvgIpc) is 3.29. The third-order valence-electron chi connectivity index (χ3n) is 7.35. The number of hydrogen-bond donors (Lipinski definition) is 3. The minimum Gasteiger partial charge on any atom is -0.480 e. The Morgan fingerprint density at radius 1 is 0.854 bits per heavy atom. The van der Waals surface area contributed by atoms with Crippen LogP contribution in [-0.2, 0) is 25.7 Å². The van der Waals surface area contributed by atoms with Gasteiger partial charge in [-0.3, -0.25) is 4.79 Å². The highest BCUT2D eigenvalue weighted by Gasteiger charge is 2.32. The summed E-state index contributed by atoms with van der Waals surface area (Å²) in [7, 11) is 0. The van der Waals surface area contributed by atoms with Crippen molar-refractivity contribution in [2.45, 2.75) is 51.9 Å². The second-order valence-corrected chi connectivity index (χ2v) is 10.9. The summed E-state index contributed by atoms with van der Waals surface area (Å²) in [5.74, 6) is -2.22. The van der Waals surface area contributed by atoms with E-state index in [9.17, 15) is 19.5 Å². The topological polar surface area (TPSA) is 114 Å². The molecule has 3 atom stereocenters. The second kappa shape index (κ2) is 13.9. The standard InChI is InChI=1S/C33H38N2O6/c1-21(2)17-24(31(36)35-30(32(37)38)22(3)40-19-23-11-5-4-6-12-23)18-34-33(39)41-20-29-27-15-9-7-13-25(27)26-14-8-10-16-28(26)29/h4-16,21-22,24,29-30H,17-20H2,1-3H3,(H,34,39)(H,35,36)(H,37,38)/t22-,24?,30+/m1/s1. The van der Waals surface area contributed by atoms with E-state index in [0.29, 0.717) is 6.42 Å². The van der Waals surface area contributed by atoms with E-state index in [1.165, 1.54) is 0 Å². The fourth-order valence-electron chi connectivity index (χ4n) is 5.26. The van der Waals surface area contributed by atoms with Crippen LogP contribution in [0.2, 0.25) is 0 Å². The predicted octanol–water partition coefficient (Wildman–Crippen LogP) is 5.36. The van der Waals surface area contributed by atoms with Crippen molar-refractivity contribution in [3.63, 3.8) is 0 Å². The summed E-state index contributed by atoms with van der Waals surface area (Å²) in [5.41, 5.74) is 5.41. The molecule has 8 heteroatoms. The van der Waals surface area contributed by atoms with E-state index < -0.39 is 36.0 Å². The fourth-order valence-corrected chi connectivity index (χ4v) is 5.26. The van der Waals surface area contributed by atoms with Crippen molar-refractivity contribution in [3.05, 3.63) is 95.6 Å². The number of hydrogen-bond acceptors (Lipinski definition) is 5. The minimum absolute atomic E-state index is 0.0201. The number of rotatable bonds is 13. The fraction of sp³-hybridized carbons (Fsp3) is 0.364. The number of amides is 2. The van der Waals surface area contributed by atoms with E-state index in [2.05, 4.69) is 22.8 Å². The molecule has 1 aliphatic carbocycles. The van der Waals surface area contributed by atoms with Gasteiger partial charge in [0.2, 0.25) is 5.91 Å². The Hall–Kier alpha value is -4.17. The van der Waals surface area contributed by atoms with Gasteiger partial charge in [0, 0.05) is 12.5 Å². The molecule has 2 amide bonds. The molecule has 216 valence electrons. The van der Waals surface area contributed by atoms with Crippen LogP contribution in [0.3, 0.4) is 0 Å². The van der Waals surface area contributed by atoms with Gasteiger partial charge >= 0.3 is 12.1 Å². The van der Waals surface area contributed by atoms with Gasteiger partial charge in [0.15, 0.2) is 6.04 Å². The van der Waals surface area contributed by atoms with Crippen molar-refractivity contribution in [2.75, 3.05) is 13.2 Å². The van der Waals surface area contributed by atoms with Crippen LogP contribution in [0, 0.1) is 11.8 Å². The molecule has 0 heterocycles. The van der Waals surface area contributed by atoms with Crippen LogP contribution in [0.4, 0.5) is 4.79 Å². The molecule has 0 aliphatic heterocycles. The minimum atomic E-state index is -1.24. The van der Waals surface area contributed by atoms with Crippen LogP contribution < -0.4 is 10.6 Å². The van der Waals surface area contributed by atoms with Crippen molar-refractivity contribution in [2.24, 2.45) is 11.8 Å². The molecule has 0 spiro atoms. The molecule has 8 nitrogen and oxygen atoms in total. The molecule has 0 saturated carbocycles. The highest BCUT2D eigenvalue weighted by Crippen LogP contribution is 2.44. The van der Waals surface area contributed by atoms with Crippen LogP contribution in [0.1, 0.15) is 49.8 Å². The third kappa shape index (κ3) is 7.73. The molecule has 3 N–H and O–H groups in total. The first kappa shape index (κ1) is 29.8. The highest BCUT2D eigenvalue weighted by atomic mass is 16.5. The highest BCUT2D eigenvalue weighted by molar-refractivity contribution is 5.86. The number of nitrogens with one attached hydrogen (secondary N) is 2. The molecule has 4 rings (SSSR count). The lowest BCUT2D eigenvalue weighted by Gasteiger charge is -2.25. The molecule has 41 heavy (non-hydrogen) atoms. The van der Waals surface area contributed by atoms with Gasteiger partial charge in [0.1, 0.15) is 6.61 Å². The summed E-state index contributed by atoms with van der Waals surface area (Å²) in [4.78, 5) is 37.9. The Morgan fingerprint density at radius 3 is 2.02 bits per heavy atom. The third-order valence-corrected chi connectivity index (χ3v) is 7.35. The number of aliphatic carboxylic acids is 1. The molecule has 0 bridgehead atoms. The van der Waals surface area contributed by atoms with Gasteiger partial charge in [0.25, 0.3) is 0 Å². The molecule has 3 aromatic rings. The Labute approximate surface area is 241 Å². The Kier molecular flexibility index (Phi) is 10.1. The first-order chi connectivity index (χ1) is 19.7. The van der Waals surface area contributed by atoms with E-state index in [0.717, 1.165) is 27.8 Å². The number of benzene rings is 3. The summed E-state index contributed by atoms with van der Waals surface area (Å²) in [6.45, 7) is 5.96. The Morgan fingerprint density at radius 2 is 1.44 bits per heavy atom. The summed E-state index contributed by atoms with van der Waals surface area (Å²) in [5, 5.41) is 15.1. The van der Waals surface area contributed by atoms with Gasteiger partial charge in [0.05, 0.1) is 18.6 Å². The van der Waals surface area contributed by atoms with Gasteiger partial charge in [-0.15, -0.1) is 0 Å². The van der Waals surface area contributed by atoms with Crippen molar-refractivity contribution >= 4 is 18.0 Å². The molecular formula is C33H38N2O6. The first-order valence-electron chi connectivity index (χ1n) is 14.0. The van der Waals surface area contributed by atoms with Crippen molar-refractivity contribution < 1.29 is 29.0 Å². The largest absolute Gasteiger partial charge is 0.480 e. The van der Waals surface area contributed by atoms with Crippen molar-refractivity contribution in [1.82, 2.24) is 10.6 Å². The van der Waals surface area contributed by atoms with E-state index in [1.807, 2.05) is 80.6 Å². The van der Waals surface area contributed by atoms with E-state index in [1.54, 1.807) is 6.92 Å². The molecule has 0 fully saturated rings. The monoisotopic (exact) mass is 558 g/mol. The van der Waals surface area contributed by atoms with Crippen LogP contribution in [0.15, 0.2) is 78.9 Å². The van der Waals surface area contributed by atoms with Gasteiger partial charge in [-0.1, -0.05) is 92.7 Å². The zero-order chi connectivity index (χ0) is 29.4. The average molecular weight is 559 g/mol. The first-order valence-corrected chi connectivity index (χ1v) is 14.0. The molecule has 0 aromatic heterocycles. The molecule has 1 aliphatic rings. The summed E-state index contributed by atoms with van der Waals surface area (Å²) in [6.07, 6.45) is -0.935. The number of carbonyl (C=O) groups excluding carboxylic acids is 2. The normalized spacial score (nSPS) is 14.4. The van der Waals surface area contributed by atoms with Gasteiger partial charge in [-0.2, -0.15) is 0 Å². The Bertz CT molecular complexity index is 1300. The van der Waals surface area contributed by atoms with E-state index in [4.69, 9.17) is 9.47 Å². The molecule has 3 aromatic carbocycles. The number of carboxylic acid groups (broad SMARTS) is 1. The smallest absolute Gasteiger partial charge is 0.407 e. The van der Waals surface area contributed by atoms with E-state index >= 15 is 0 Å². The lowest BCUT2D eigenvalue weighted by atomic mass is 9.95. The Balaban J connectivity index is 1.33. The number of fused-ring (bicyclic) bond motifs is 3. The summed E-state index contributed by atoms with van der Waals surface area (Å²) < 4.78 is 11.4. The maximum Gasteiger partial charge on any atom is 0.407 e. The zero-order valence-electron chi connectivity index (χ0n) is 23.7. The van der Waals surface area contributed by atoms with Gasteiger partial charge in [-0.05, 0) is 47.1 Å². The van der Waals surface area contributed by atoms with Crippen LogP contribution in [0.25, 0.3) is 11.1 Å². The maximum absolute atomic E-state index is 13.2. The molecule has 0 saturated heterocycles. The molecule has 1 unspecified atom stereocenters. The number of alkyl carbamates (subject to hydrolysis) is 1. The molecular weight excluding hydrogens is 520 g/mol. The zero-order valence-corrected chi connectivity index (χ0v) is 23.7. The number of carbonyl (C=O) groups is 3. The second-order valence-electron chi connectivity index (χ2n) is 10.9. The van der Waals surface area contributed by atoms with Crippen molar-refractivity contribution in [3.8, 4) is 11.1 Å². The van der Waals surface area contributed by atoms with Crippen LogP contribution in [0.5, 0.6) is 0 Å². The van der Waals surface area contributed by atoms with Gasteiger partial charge < -0.3 is 25.2 Å². The quantitative estimate of drug-likeness (QED) is 0.260. The number of ether oxygens (including phenoxy) is 2. The number of carboxylic acids is 1. The summed E-state index contributed by atoms with van der Waals surface area (Å²) in [6, 6.07) is 24.4. The maximum atomic E-state index is 13.2. The van der Waals surface area contributed by atoms with Crippen LogP contribution in [-0.4, -0.2) is 48.4 Å². The van der Waals surface area contributed by atoms with Crippen LogP contribution >= 0.6 is 0 Å².